The maximum absolute atomic E-state index is 13.4. The van der Waals surface area contributed by atoms with Gasteiger partial charge in [0, 0.05) is 53.1 Å². The number of nitrogens with one attached hydrogen (secondary N) is 1. The van der Waals surface area contributed by atoms with Crippen molar-refractivity contribution in [2.75, 3.05) is 33.1 Å². The highest BCUT2D eigenvalue weighted by Crippen LogP contribution is 2.59. The molecule has 228 valence electrons. The van der Waals surface area contributed by atoms with Crippen LogP contribution in [0.3, 0.4) is 0 Å². The van der Waals surface area contributed by atoms with Gasteiger partial charge in [-0.2, -0.15) is 0 Å². The average Bonchev–Trinajstić information content (AvgIpc) is 3.38. The van der Waals surface area contributed by atoms with Gasteiger partial charge in [-0.3, -0.25) is 0 Å². The number of ether oxygens (including phenoxy) is 6. The van der Waals surface area contributed by atoms with Crippen LogP contribution in [0.15, 0.2) is 109 Å². The summed E-state index contributed by atoms with van der Waals surface area (Å²) in [4.78, 5) is 13.4. The molecule has 6 aromatic carbocycles. The fourth-order valence-electron chi connectivity index (χ4n) is 6.44. The van der Waals surface area contributed by atoms with E-state index in [0.29, 0.717) is 22.8 Å². The summed E-state index contributed by atoms with van der Waals surface area (Å²) in [5, 5.41) is 7.13. The van der Waals surface area contributed by atoms with Gasteiger partial charge in [0.1, 0.15) is 23.0 Å². The molecule has 0 saturated carbocycles. The Labute approximate surface area is 265 Å². The van der Waals surface area contributed by atoms with Crippen LogP contribution in [0, 0.1) is 0 Å². The van der Waals surface area contributed by atoms with E-state index >= 15 is 0 Å². The Morgan fingerprint density at radius 1 is 0.630 bits per heavy atom. The van der Waals surface area contributed by atoms with Crippen molar-refractivity contribution in [1.82, 2.24) is 0 Å². The van der Waals surface area contributed by atoms with Gasteiger partial charge in [0.25, 0.3) is 0 Å². The van der Waals surface area contributed by atoms with Gasteiger partial charge in [0.15, 0.2) is 19.2 Å². The Morgan fingerprint density at radius 2 is 1.24 bits per heavy atom. The molecule has 6 aromatic rings. The molecule has 0 amide bonds. The van der Waals surface area contributed by atoms with E-state index in [-0.39, 0.29) is 19.6 Å². The minimum absolute atomic E-state index is 0.146. The lowest BCUT2D eigenvalue weighted by molar-refractivity contribution is 0.0226. The lowest BCUT2D eigenvalue weighted by atomic mass is 9.76. The molecule has 0 aromatic heterocycles. The van der Waals surface area contributed by atoms with Crippen LogP contribution in [-0.2, 0) is 19.8 Å². The van der Waals surface area contributed by atoms with Gasteiger partial charge in [-0.1, -0.05) is 30.3 Å². The smallest absolute Gasteiger partial charge is 0.340 e. The topological polar surface area (TPSA) is 84.5 Å². The van der Waals surface area contributed by atoms with E-state index in [1.54, 1.807) is 14.2 Å². The number of anilines is 2. The van der Waals surface area contributed by atoms with Crippen molar-refractivity contribution in [1.29, 1.82) is 0 Å². The van der Waals surface area contributed by atoms with Crippen LogP contribution >= 0.6 is 0 Å². The summed E-state index contributed by atoms with van der Waals surface area (Å²) < 4.78 is 34.6. The Balaban J connectivity index is 1.26. The molecule has 1 unspecified atom stereocenters. The quantitative estimate of drug-likeness (QED) is 0.136. The first-order valence-corrected chi connectivity index (χ1v) is 14.8. The molecule has 8 heteroatoms. The SMILES string of the molecule is COCOc1ccc(Nc2ccc3c4c(ccc3c2)C2(OC(=O)c3ccccc32)c2ccc3cc(OCOC)ccc3c2O4)cc1. The van der Waals surface area contributed by atoms with Gasteiger partial charge in [0.2, 0.25) is 0 Å². The predicted octanol–water partition coefficient (Wildman–Crippen LogP) is 8.27. The minimum Gasteiger partial charge on any atom is -0.468 e. The summed E-state index contributed by atoms with van der Waals surface area (Å²) in [6, 6.07) is 35.3. The molecule has 8 rings (SSSR count). The molecule has 1 spiro atoms. The second-order valence-electron chi connectivity index (χ2n) is 11.2. The highest BCUT2D eigenvalue weighted by Gasteiger charge is 2.54. The number of benzene rings is 6. The highest BCUT2D eigenvalue weighted by atomic mass is 16.7. The largest absolute Gasteiger partial charge is 0.468 e. The fraction of sp³-hybridized carbons (Fsp3) is 0.132. The summed E-state index contributed by atoms with van der Waals surface area (Å²) >= 11 is 0. The second-order valence-corrected chi connectivity index (χ2v) is 11.2. The first kappa shape index (κ1) is 27.9. The first-order valence-electron chi connectivity index (χ1n) is 14.8. The molecule has 1 N–H and O–H groups in total. The number of rotatable bonds is 8. The molecular weight excluding hydrogens is 582 g/mol. The van der Waals surface area contributed by atoms with Gasteiger partial charge in [0.05, 0.1) is 5.56 Å². The van der Waals surface area contributed by atoms with E-state index in [1.807, 2.05) is 103 Å². The minimum atomic E-state index is -1.17. The summed E-state index contributed by atoms with van der Waals surface area (Å²) in [6.45, 7) is 0.340. The van der Waals surface area contributed by atoms with Crippen molar-refractivity contribution in [2.24, 2.45) is 0 Å². The van der Waals surface area contributed by atoms with Crippen molar-refractivity contribution in [3.05, 3.63) is 131 Å². The normalized spacial score (nSPS) is 16.0. The molecule has 46 heavy (non-hydrogen) atoms. The molecular formula is C38H29NO7. The van der Waals surface area contributed by atoms with Gasteiger partial charge in [-0.25, -0.2) is 4.79 Å². The highest BCUT2D eigenvalue weighted by molar-refractivity contribution is 6.01. The molecule has 0 radical (unpaired) electrons. The molecule has 2 aliphatic rings. The van der Waals surface area contributed by atoms with Crippen molar-refractivity contribution in [3.63, 3.8) is 0 Å². The zero-order valence-electron chi connectivity index (χ0n) is 25.2. The maximum atomic E-state index is 13.4. The third kappa shape index (κ3) is 4.42. The average molecular weight is 612 g/mol. The summed E-state index contributed by atoms with van der Waals surface area (Å²) in [6.07, 6.45) is 0. The van der Waals surface area contributed by atoms with Crippen molar-refractivity contribution < 1.29 is 33.2 Å². The van der Waals surface area contributed by atoms with E-state index in [9.17, 15) is 4.79 Å². The lowest BCUT2D eigenvalue weighted by Crippen LogP contribution is -2.33. The Morgan fingerprint density at radius 3 is 1.96 bits per heavy atom. The molecule has 0 fully saturated rings. The lowest BCUT2D eigenvalue weighted by Gasteiger charge is -2.37. The number of esters is 1. The zero-order valence-corrected chi connectivity index (χ0v) is 25.2. The molecule has 0 bridgehead atoms. The number of carbonyl (C=O) groups excluding carboxylic acids is 1. The van der Waals surface area contributed by atoms with Gasteiger partial charge >= 0.3 is 5.97 Å². The van der Waals surface area contributed by atoms with Crippen LogP contribution in [-0.4, -0.2) is 33.8 Å². The molecule has 0 aliphatic carbocycles. The van der Waals surface area contributed by atoms with Crippen LogP contribution < -0.4 is 19.5 Å². The van der Waals surface area contributed by atoms with E-state index in [4.69, 9.17) is 28.4 Å². The zero-order chi connectivity index (χ0) is 31.3. The summed E-state index contributed by atoms with van der Waals surface area (Å²) in [5.74, 6) is 2.33. The van der Waals surface area contributed by atoms with Crippen LogP contribution in [0.5, 0.6) is 23.0 Å². The van der Waals surface area contributed by atoms with Gasteiger partial charge < -0.3 is 33.7 Å². The van der Waals surface area contributed by atoms with Gasteiger partial charge in [-0.15, -0.1) is 0 Å². The third-order valence-electron chi connectivity index (χ3n) is 8.48. The number of carbonyl (C=O) groups is 1. The molecule has 2 heterocycles. The number of methoxy groups -OCH3 is 2. The summed E-state index contributed by atoms with van der Waals surface area (Å²) in [5.41, 5.74) is 3.54. The molecule has 0 saturated heterocycles. The number of fused-ring (bicyclic) bond motifs is 10. The van der Waals surface area contributed by atoms with Crippen LogP contribution in [0.25, 0.3) is 21.5 Å². The second kappa shape index (κ2) is 11.1. The van der Waals surface area contributed by atoms with Crippen molar-refractivity contribution >= 4 is 38.9 Å². The Hall–Kier alpha value is -5.57. The van der Waals surface area contributed by atoms with Crippen LogP contribution in [0.2, 0.25) is 0 Å². The predicted molar refractivity (Wildman–Crippen MR) is 174 cm³/mol. The molecule has 1 atom stereocenters. The number of hydrogen-bond donors (Lipinski definition) is 1. The Bertz CT molecular complexity index is 2140. The van der Waals surface area contributed by atoms with Gasteiger partial charge in [-0.05, 0) is 89.6 Å². The Kier molecular flexibility index (Phi) is 6.74. The molecule has 8 nitrogen and oxygen atoms in total. The molecule has 2 aliphatic heterocycles. The monoisotopic (exact) mass is 611 g/mol. The van der Waals surface area contributed by atoms with Crippen LogP contribution in [0.1, 0.15) is 27.0 Å². The standard InChI is InChI=1S/C38H29NO7/c1-41-21-43-27-12-9-25(10-13-27)39-26-11-15-29-23(19-26)7-17-33-35(29)45-36-30-16-14-28(44-22-42-2)20-24(30)8-18-34(36)38(33)32-6-4-3-5-31(32)37(40)46-38/h3-20,39H,21-22H2,1-2H3. The summed E-state index contributed by atoms with van der Waals surface area (Å²) in [7, 11) is 3.18. The third-order valence-corrected chi connectivity index (χ3v) is 8.48. The van der Waals surface area contributed by atoms with E-state index < -0.39 is 5.60 Å². The van der Waals surface area contributed by atoms with Crippen molar-refractivity contribution in [2.45, 2.75) is 5.60 Å². The van der Waals surface area contributed by atoms with E-state index in [0.717, 1.165) is 55.4 Å². The van der Waals surface area contributed by atoms with E-state index in [1.165, 1.54) is 0 Å². The maximum Gasteiger partial charge on any atom is 0.340 e. The van der Waals surface area contributed by atoms with E-state index in [2.05, 4.69) is 11.4 Å². The first-order chi connectivity index (χ1) is 22.6. The number of hydrogen-bond acceptors (Lipinski definition) is 8. The fourth-order valence-corrected chi connectivity index (χ4v) is 6.44. The van der Waals surface area contributed by atoms with Crippen LogP contribution in [0.4, 0.5) is 11.4 Å². The van der Waals surface area contributed by atoms with Crippen molar-refractivity contribution in [3.8, 4) is 23.0 Å².